The summed E-state index contributed by atoms with van der Waals surface area (Å²) in [6, 6.07) is 5.74. The number of aryl methyl sites for hydroxylation is 1. The number of hydrogen-bond acceptors (Lipinski definition) is 3. The second-order valence-electron chi connectivity index (χ2n) is 6.17. The van der Waals surface area contributed by atoms with Crippen LogP contribution in [0.4, 0.5) is 0 Å². The van der Waals surface area contributed by atoms with E-state index in [-0.39, 0.29) is 5.91 Å². The molecule has 0 saturated heterocycles. The number of aliphatic hydroxyl groups excluding tert-OH is 1. The quantitative estimate of drug-likeness (QED) is 0.876. The molecule has 4 nitrogen and oxygen atoms in total. The van der Waals surface area contributed by atoms with Crippen LogP contribution in [0.5, 0.6) is 5.75 Å². The van der Waals surface area contributed by atoms with Gasteiger partial charge in [0.1, 0.15) is 5.75 Å². The summed E-state index contributed by atoms with van der Waals surface area (Å²) < 4.78 is 5.70. The van der Waals surface area contributed by atoms with Crippen LogP contribution in [-0.4, -0.2) is 23.7 Å². The van der Waals surface area contributed by atoms with Crippen LogP contribution >= 0.6 is 0 Å². The summed E-state index contributed by atoms with van der Waals surface area (Å²) in [5.41, 5.74) is 2.12. The van der Waals surface area contributed by atoms with Crippen molar-refractivity contribution in [2.45, 2.75) is 52.2 Å². The van der Waals surface area contributed by atoms with Gasteiger partial charge in [-0.1, -0.05) is 19.9 Å². The first-order valence-electron chi connectivity index (χ1n) is 7.72. The first-order chi connectivity index (χ1) is 9.97. The van der Waals surface area contributed by atoms with E-state index in [2.05, 4.69) is 19.2 Å². The van der Waals surface area contributed by atoms with E-state index in [1.807, 2.05) is 18.2 Å². The number of rotatable bonds is 5. The molecule has 2 N–H and O–H groups in total. The molecule has 0 aromatic heterocycles. The van der Waals surface area contributed by atoms with Crippen molar-refractivity contribution >= 4 is 5.91 Å². The normalized spacial score (nSPS) is 19.0. The van der Waals surface area contributed by atoms with E-state index in [1.165, 1.54) is 5.56 Å². The summed E-state index contributed by atoms with van der Waals surface area (Å²) in [5.74, 6) is 0.948. The molecule has 0 saturated carbocycles. The van der Waals surface area contributed by atoms with E-state index < -0.39 is 12.2 Å². The predicted octanol–water partition coefficient (Wildman–Crippen LogP) is 2.60. The second-order valence-corrected chi connectivity index (χ2v) is 6.17. The Hall–Kier alpha value is -1.55. The molecular weight excluding hydrogens is 266 g/mol. The van der Waals surface area contributed by atoms with Gasteiger partial charge in [0.25, 0.3) is 5.91 Å². The molecule has 2 unspecified atom stereocenters. The second kappa shape index (κ2) is 6.94. The molecule has 1 amide bonds. The van der Waals surface area contributed by atoms with Gasteiger partial charge in [-0.2, -0.15) is 0 Å². The number of aliphatic hydroxyl groups is 1. The van der Waals surface area contributed by atoms with Crippen LogP contribution < -0.4 is 10.1 Å². The highest BCUT2D eigenvalue weighted by molar-refractivity contribution is 5.80. The lowest BCUT2D eigenvalue weighted by atomic mass is 9.89. The summed E-state index contributed by atoms with van der Waals surface area (Å²) >= 11 is 0. The molecular formula is C17H25NO3. The Kier molecular flexibility index (Phi) is 5.23. The minimum Gasteiger partial charge on any atom is -0.481 e. The van der Waals surface area contributed by atoms with Gasteiger partial charge in [0.05, 0.1) is 6.10 Å². The molecule has 0 aliphatic heterocycles. The Morgan fingerprint density at radius 1 is 1.43 bits per heavy atom. The summed E-state index contributed by atoms with van der Waals surface area (Å²) in [6.45, 7) is 6.49. The van der Waals surface area contributed by atoms with E-state index in [0.717, 1.165) is 24.8 Å². The van der Waals surface area contributed by atoms with E-state index in [9.17, 15) is 9.90 Å². The number of hydrogen-bond donors (Lipinski definition) is 2. The predicted molar refractivity (Wildman–Crippen MR) is 82.3 cm³/mol. The van der Waals surface area contributed by atoms with Gasteiger partial charge in [-0.25, -0.2) is 0 Å². The van der Waals surface area contributed by atoms with Crippen molar-refractivity contribution in [2.75, 3.05) is 6.54 Å². The molecule has 1 aromatic carbocycles. The Labute approximate surface area is 126 Å². The molecule has 0 heterocycles. The topological polar surface area (TPSA) is 58.6 Å². The summed E-state index contributed by atoms with van der Waals surface area (Å²) in [7, 11) is 0. The van der Waals surface area contributed by atoms with Gasteiger partial charge in [0.15, 0.2) is 6.10 Å². The summed E-state index contributed by atoms with van der Waals surface area (Å²) in [6.07, 6.45) is 1.85. The molecule has 1 aliphatic rings. The maximum absolute atomic E-state index is 11.9. The third-order valence-corrected chi connectivity index (χ3v) is 3.77. The van der Waals surface area contributed by atoms with Crippen LogP contribution in [0.25, 0.3) is 0 Å². The average molecular weight is 291 g/mol. The Bertz CT molecular complexity index is 499. The van der Waals surface area contributed by atoms with Crippen LogP contribution in [0.1, 0.15) is 50.8 Å². The minimum atomic E-state index is -0.539. The fourth-order valence-corrected chi connectivity index (χ4v) is 2.53. The van der Waals surface area contributed by atoms with Crippen molar-refractivity contribution in [3.8, 4) is 5.75 Å². The van der Waals surface area contributed by atoms with Crippen LogP contribution in [0, 0.1) is 5.92 Å². The molecule has 21 heavy (non-hydrogen) atoms. The number of ether oxygens (including phenoxy) is 1. The third kappa shape index (κ3) is 4.21. The van der Waals surface area contributed by atoms with Crippen molar-refractivity contribution in [1.82, 2.24) is 5.32 Å². The summed E-state index contributed by atoms with van der Waals surface area (Å²) in [4.78, 5) is 11.9. The molecule has 0 radical (unpaired) electrons. The van der Waals surface area contributed by atoms with Gasteiger partial charge in [-0.15, -0.1) is 0 Å². The molecule has 2 rings (SSSR count). The van der Waals surface area contributed by atoms with Crippen molar-refractivity contribution in [2.24, 2.45) is 5.92 Å². The van der Waals surface area contributed by atoms with E-state index in [1.54, 1.807) is 6.92 Å². The maximum atomic E-state index is 11.9. The van der Waals surface area contributed by atoms with Crippen LogP contribution in [0.2, 0.25) is 0 Å². The first-order valence-corrected chi connectivity index (χ1v) is 7.72. The SMILES string of the molecule is CC(C)CNC(=O)C(C)Oc1ccc2c(c1)C(O)CCC2. The zero-order valence-corrected chi connectivity index (χ0v) is 13.1. The van der Waals surface area contributed by atoms with Crippen molar-refractivity contribution in [3.63, 3.8) is 0 Å². The van der Waals surface area contributed by atoms with Gasteiger partial charge in [0, 0.05) is 6.54 Å². The summed E-state index contributed by atoms with van der Waals surface area (Å²) in [5, 5.41) is 12.9. The lowest BCUT2D eigenvalue weighted by Crippen LogP contribution is -2.38. The fourth-order valence-electron chi connectivity index (χ4n) is 2.53. The number of carbonyl (C=O) groups excluding carboxylic acids is 1. The molecule has 2 atom stereocenters. The molecule has 4 heteroatoms. The number of amides is 1. The maximum Gasteiger partial charge on any atom is 0.260 e. The molecule has 0 spiro atoms. The smallest absolute Gasteiger partial charge is 0.260 e. The zero-order chi connectivity index (χ0) is 15.4. The number of nitrogens with one attached hydrogen (secondary N) is 1. The fraction of sp³-hybridized carbons (Fsp3) is 0.588. The van der Waals surface area contributed by atoms with Crippen LogP contribution in [0.15, 0.2) is 18.2 Å². The van der Waals surface area contributed by atoms with Gasteiger partial charge < -0.3 is 15.2 Å². The lowest BCUT2D eigenvalue weighted by Gasteiger charge is -2.23. The van der Waals surface area contributed by atoms with E-state index in [4.69, 9.17) is 4.74 Å². The number of fused-ring (bicyclic) bond motifs is 1. The van der Waals surface area contributed by atoms with Gasteiger partial charge in [0.2, 0.25) is 0 Å². The largest absolute Gasteiger partial charge is 0.481 e. The van der Waals surface area contributed by atoms with Crippen molar-refractivity contribution < 1.29 is 14.6 Å². The van der Waals surface area contributed by atoms with Crippen molar-refractivity contribution in [1.29, 1.82) is 0 Å². The van der Waals surface area contributed by atoms with Crippen LogP contribution in [-0.2, 0) is 11.2 Å². The van der Waals surface area contributed by atoms with Gasteiger partial charge in [-0.3, -0.25) is 4.79 Å². The highest BCUT2D eigenvalue weighted by Crippen LogP contribution is 2.32. The Balaban J connectivity index is 1.99. The Morgan fingerprint density at radius 3 is 2.90 bits per heavy atom. The molecule has 0 fully saturated rings. The Morgan fingerprint density at radius 2 is 2.19 bits per heavy atom. The lowest BCUT2D eigenvalue weighted by molar-refractivity contribution is -0.127. The third-order valence-electron chi connectivity index (χ3n) is 3.77. The molecule has 1 aliphatic carbocycles. The van der Waals surface area contributed by atoms with Gasteiger partial charge >= 0.3 is 0 Å². The minimum absolute atomic E-state index is 0.109. The van der Waals surface area contributed by atoms with Crippen LogP contribution in [0.3, 0.4) is 0 Å². The number of carbonyl (C=O) groups is 1. The number of benzene rings is 1. The highest BCUT2D eigenvalue weighted by atomic mass is 16.5. The molecule has 116 valence electrons. The standard InChI is InChI=1S/C17H25NO3/c1-11(2)10-18-17(20)12(3)21-14-8-7-13-5-4-6-16(19)15(13)9-14/h7-9,11-12,16,19H,4-6,10H2,1-3H3,(H,18,20). The monoisotopic (exact) mass is 291 g/mol. The zero-order valence-electron chi connectivity index (χ0n) is 13.1. The molecule has 1 aromatic rings. The highest BCUT2D eigenvalue weighted by Gasteiger charge is 2.20. The first kappa shape index (κ1) is 15.8. The van der Waals surface area contributed by atoms with Gasteiger partial charge in [-0.05, 0) is 55.4 Å². The van der Waals surface area contributed by atoms with E-state index >= 15 is 0 Å². The van der Waals surface area contributed by atoms with Crippen molar-refractivity contribution in [3.05, 3.63) is 29.3 Å². The average Bonchev–Trinajstić information content (AvgIpc) is 2.45. The van der Waals surface area contributed by atoms with E-state index in [0.29, 0.717) is 18.2 Å². The molecule has 0 bridgehead atoms.